The van der Waals surface area contributed by atoms with E-state index in [1.807, 2.05) is 32.1 Å². The van der Waals surface area contributed by atoms with Crippen LogP contribution in [0.3, 0.4) is 0 Å². The summed E-state index contributed by atoms with van der Waals surface area (Å²) in [6, 6.07) is 36.9. The minimum Gasteiger partial charge on any atom is -0.331 e. The van der Waals surface area contributed by atoms with E-state index in [1.165, 1.54) is 55.7 Å². The van der Waals surface area contributed by atoms with Crippen molar-refractivity contribution in [2.45, 2.75) is 0 Å². The zero-order chi connectivity index (χ0) is 31.0. The predicted molar refractivity (Wildman–Crippen MR) is 168 cm³/mol. The van der Waals surface area contributed by atoms with Gasteiger partial charge in [0.2, 0.25) is 0 Å². The number of fused-ring (bicyclic) bond motifs is 6. The Labute approximate surface area is 269 Å². The van der Waals surface area contributed by atoms with Gasteiger partial charge in [0.1, 0.15) is 0 Å². The Morgan fingerprint density at radius 3 is 0.778 bits per heavy atom. The largest absolute Gasteiger partial charge is 2.00 e. The van der Waals surface area contributed by atoms with Crippen LogP contribution >= 0.6 is 7.81 Å². The summed E-state index contributed by atoms with van der Waals surface area (Å²) in [6.07, 6.45) is 18.9. The molecule has 11 radical (unpaired) electrons. The van der Waals surface area contributed by atoms with Crippen LogP contribution in [0.2, 0.25) is 0 Å². The molecule has 2 heterocycles. The second-order valence-electron chi connectivity index (χ2n) is 10.2. The fourth-order valence-electron chi connectivity index (χ4n) is 5.47. The maximum absolute atomic E-state index is 10.7. The molecule has 2 fully saturated rings. The molecule has 2 aromatic heterocycles. The molecule has 6 aromatic rings. The monoisotopic (exact) mass is 674 g/mol. The van der Waals surface area contributed by atoms with E-state index in [2.05, 4.69) is 132 Å². The first-order chi connectivity index (χ1) is 20.8. The van der Waals surface area contributed by atoms with Crippen LogP contribution in [0.15, 0.2) is 97.1 Å². The number of halogens is 6. The number of nitrogens with zero attached hydrogens (tertiary/aromatic N) is 2. The summed E-state index contributed by atoms with van der Waals surface area (Å²) in [5.41, 5.74) is 4.94. The number of hydrogen-bond acceptors (Lipinski definition) is 0. The molecule has 0 N–H and O–H groups in total. The van der Waals surface area contributed by atoms with Crippen LogP contribution in [0, 0.1) is 69.9 Å². The van der Waals surface area contributed by atoms with Gasteiger partial charge in [-0.25, -0.2) is 0 Å². The average molecular weight is 674 g/mol. The van der Waals surface area contributed by atoms with E-state index in [-0.39, 0.29) is 17.1 Å². The molecule has 2 nitrogen and oxygen atoms in total. The molecule has 4 aromatic carbocycles. The molecule has 0 atom stereocenters. The average Bonchev–Trinajstić information content (AvgIpc) is 3.74. The quantitative estimate of drug-likeness (QED) is 0.0983. The molecular formula is C35H25F6FeN2P+. The number of benzene rings is 4. The number of para-hydroxylation sites is 4. The molecule has 45 heavy (non-hydrogen) atoms. The SMILES string of the molecule is F[P-](F)(F)(F)(F)F.[CH]1[CH][CH][CH][CH]1.[CH]1[CH][C](n2c3ccccc3c3ccccc32)[CH][CH][C]1n1c2ccccc2c2ccccc21.[Fe+2]. The molecule has 0 saturated heterocycles. The molecule has 2 aliphatic carbocycles. The smallest absolute Gasteiger partial charge is 0.331 e. The summed E-state index contributed by atoms with van der Waals surface area (Å²) in [4.78, 5) is 0. The molecular weight excluding hydrogens is 649 g/mol. The molecule has 229 valence electrons. The molecule has 10 heteroatoms. The van der Waals surface area contributed by atoms with Gasteiger partial charge in [-0.05, 0) is 82.1 Å². The van der Waals surface area contributed by atoms with Crippen molar-refractivity contribution in [3.8, 4) is 0 Å². The Hall–Kier alpha value is -2.99. The van der Waals surface area contributed by atoms with Crippen molar-refractivity contribution in [1.82, 2.24) is 9.13 Å². The van der Waals surface area contributed by atoms with Gasteiger partial charge in [0.05, 0.1) is 12.1 Å². The van der Waals surface area contributed by atoms with E-state index < -0.39 is 7.81 Å². The van der Waals surface area contributed by atoms with E-state index >= 15 is 0 Å². The van der Waals surface area contributed by atoms with Crippen molar-refractivity contribution in [2.24, 2.45) is 0 Å². The van der Waals surface area contributed by atoms with Crippen LogP contribution in [0.25, 0.3) is 43.6 Å². The van der Waals surface area contributed by atoms with Crippen molar-refractivity contribution in [3.63, 3.8) is 0 Å². The molecule has 0 aliphatic heterocycles. The molecule has 2 aliphatic rings. The third-order valence-corrected chi connectivity index (χ3v) is 7.08. The van der Waals surface area contributed by atoms with E-state index in [4.69, 9.17) is 0 Å². The van der Waals surface area contributed by atoms with Crippen molar-refractivity contribution < 1.29 is 42.3 Å². The zero-order valence-corrected chi connectivity index (χ0v) is 25.4. The van der Waals surface area contributed by atoms with Crippen molar-refractivity contribution in [2.75, 3.05) is 0 Å². The van der Waals surface area contributed by atoms with Gasteiger partial charge in [-0.15, -0.1) is 0 Å². The third kappa shape index (κ3) is 8.06. The van der Waals surface area contributed by atoms with Crippen molar-refractivity contribution in [1.29, 1.82) is 0 Å². The van der Waals surface area contributed by atoms with Crippen LogP contribution in [0.4, 0.5) is 25.2 Å². The Bertz CT molecular complexity index is 1670. The van der Waals surface area contributed by atoms with Gasteiger partial charge < -0.3 is 9.13 Å². The van der Waals surface area contributed by atoms with Crippen LogP contribution in [0.5, 0.6) is 0 Å². The van der Waals surface area contributed by atoms with Gasteiger partial charge in [-0.3, -0.25) is 0 Å². The van der Waals surface area contributed by atoms with Crippen molar-refractivity contribution >= 4 is 51.4 Å². The Morgan fingerprint density at radius 1 is 0.356 bits per heavy atom. The topological polar surface area (TPSA) is 9.86 Å². The molecule has 0 bridgehead atoms. The number of rotatable bonds is 2. The normalized spacial score (nSPS) is 17.6. The first kappa shape index (κ1) is 33.4. The number of hydrogen-bond donors (Lipinski definition) is 0. The molecule has 0 spiro atoms. The summed E-state index contributed by atoms with van der Waals surface area (Å²) >= 11 is 0. The number of aromatic nitrogens is 2. The van der Waals surface area contributed by atoms with Gasteiger partial charge in [-0.2, -0.15) is 0 Å². The maximum Gasteiger partial charge on any atom is 2.00 e. The summed E-state index contributed by atoms with van der Waals surface area (Å²) < 4.78 is 63.9. The van der Waals surface area contributed by atoms with E-state index in [0.717, 1.165) is 0 Å². The summed E-state index contributed by atoms with van der Waals surface area (Å²) in [6.45, 7) is 0. The third-order valence-electron chi connectivity index (χ3n) is 7.08. The van der Waals surface area contributed by atoms with Crippen LogP contribution in [-0.2, 0) is 17.1 Å². The van der Waals surface area contributed by atoms with Gasteiger partial charge in [0.15, 0.2) is 0 Å². The molecule has 0 amide bonds. The summed E-state index contributed by atoms with van der Waals surface area (Å²) in [5, 5.41) is 5.15. The first-order valence-corrected chi connectivity index (χ1v) is 15.7. The van der Waals surface area contributed by atoms with Gasteiger partial charge in [-0.1, -0.05) is 72.8 Å². The molecule has 2 saturated carbocycles. The maximum atomic E-state index is 9.87. The molecule has 0 unspecified atom stereocenters. The minimum atomic E-state index is -10.7. The van der Waals surface area contributed by atoms with E-state index in [1.54, 1.807) is 0 Å². The van der Waals surface area contributed by atoms with Crippen LogP contribution < -0.4 is 0 Å². The fraction of sp³-hybridized carbons (Fsp3) is 0. The Morgan fingerprint density at radius 2 is 0.556 bits per heavy atom. The zero-order valence-electron chi connectivity index (χ0n) is 23.4. The second-order valence-corrected chi connectivity index (χ2v) is 12.1. The predicted octanol–water partition coefficient (Wildman–Crippen LogP) is 11.6. The van der Waals surface area contributed by atoms with Crippen LogP contribution in [0.1, 0.15) is 0 Å². The van der Waals surface area contributed by atoms with Gasteiger partial charge in [0, 0.05) is 43.6 Å². The Balaban J connectivity index is 0.000000262. The Kier molecular flexibility index (Phi) is 9.13. The summed E-state index contributed by atoms with van der Waals surface area (Å²) in [7, 11) is -10.7. The van der Waals surface area contributed by atoms with Gasteiger partial charge >= 0.3 is 50.1 Å². The molecule has 8 rings (SSSR count). The van der Waals surface area contributed by atoms with Crippen LogP contribution in [-0.4, -0.2) is 9.13 Å². The first-order valence-electron chi connectivity index (χ1n) is 13.7. The van der Waals surface area contributed by atoms with Crippen molar-refractivity contribution in [3.05, 3.63) is 167 Å². The second kappa shape index (κ2) is 12.3. The van der Waals surface area contributed by atoms with E-state index in [9.17, 15) is 25.2 Å². The van der Waals surface area contributed by atoms with Gasteiger partial charge in [0.25, 0.3) is 0 Å². The fourth-order valence-corrected chi connectivity index (χ4v) is 5.47. The minimum absolute atomic E-state index is 0. The standard InChI is InChI=1S/C30H20N2.C5H5.F6P.Fe/c1-5-13-27-23(9-1)24-10-2-6-14-28(24)31(27)21-17-19-22(20-18-21)32-29-15-7-3-11-25(29)26-12-4-8-16-30(26)32;1-2-4-5-3-1;1-7(2,3,4,5)6;/h1-20H;1-5H;;/q;;-1;+2. The summed E-state index contributed by atoms with van der Waals surface area (Å²) in [5.74, 6) is 0. The van der Waals surface area contributed by atoms with E-state index in [0.29, 0.717) is 0 Å².